The Morgan fingerprint density at radius 1 is 0.926 bits per heavy atom. The van der Waals surface area contributed by atoms with Crippen molar-refractivity contribution in [3.63, 3.8) is 0 Å². The first-order valence-corrected chi connectivity index (χ1v) is 9.63. The van der Waals surface area contributed by atoms with Crippen LogP contribution < -0.4 is 11.5 Å². The van der Waals surface area contributed by atoms with Gasteiger partial charge in [0.25, 0.3) is 0 Å². The Balaban J connectivity index is 0.000000273. The summed E-state index contributed by atoms with van der Waals surface area (Å²) in [6.45, 7) is 0. The summed E-state index contributed by atoms with van der Waals surface area (Å²) in [6.07, 6.45) is 0. The number of carbonyl (C=O) groups is 1. The zero-order chi connectivity index (χ0) is 19.6. The van der Waals surface area contributed by atoms with Crippen LogP contribution in [0.4, 0.5) is 11.4 Å². The molecule has 0 atom stereocenters. The zero-order valence-corrected chi connectivity index (χ0v) is 16.7. The van der Waals surface area contributed by atoms with Crippen molar-refractivity contribution >= 4 is 41.7 Å². The van der Waals surface area contributed by atoms with E-state index >= 15 is 0 Å². The lowest BCUT2D eigenvalue weighted by atomic mass is 10.1. The largest absolute Gasteiger partial charge is 0.465 e. The van der Waals surface area contributed by atoms with Crippen molar-refractivity contribution in [1.82, 2.24) is 0 Å². The number of nitrogen functional groups attached to an aromatic ring is 2. The van der Waals surface area contributed by atoms with Crippen molar-refractivity contribution in [2.45, 2.75) is 15.5 Å². The van der Waals surface area contributed by atoms with Gasteiger partial charge in [-0.15, -0.1) is 24.4 Å². The molecular weight excluding hydrogens is 376 g/mol. The minimum absolute atomic E-state index is 0.308. The molecule has 140 valence electrons. The Labute approximate surface area is 169 Å². The highest BCUT2D eigenvalue weighted by atomic mass is 32.2. The van der Waals surface area contributed by atoms with E-state index in [1.54, 1.807) is 17.8 Å². The molecular formula is C21H22N2O2S2. The van der Waals surface area contributed by atoms with Crippen molar-refractivity contribution in [1.29, 1.82) is 0 Å². The molecule has 0 heterocycles. The Morgan fingerprint density at radius 2 is 1.52 bits per heavy atom. The lowest BCUT2D eigenvalue weighted by Crippen LogP contribution is -2.04. The van der Waals surface area contributed by atoms with Crippen molar-refractivity contribution in [3.8, 4) is 0 Å². The van der Waals surface area contributed by atoms with Crippen molar-refractivity contribution in [3.05, 3.63) is 83.9 Å². The number of thiol groups is 1. The normalized spacial score (nSPS) is 9.85. The molecule has 4 nitrogen and oxygen atoms in total. The fraction of sp³-hybridized carbons (Fsp3) is 0.0952. The molecule has 0 fully saturated rings. The number of para-hydroxylation sites is 2. The number of anilines is 2. The Kier molecular flexibility index (Phi) is 8.10. The van der Waals surface area contributed by atoms with Gasteiger partial charge in [-0.1, -0.05) is 42.5 Å². The van der Waals surface area contributed by atoms with Gasteiger partial charge in [0.2, 0.25) is 0 Å². The van der Waals surface area contributed by atoms with Gasteiger partial charge in [-0.3, -0.25) is 0 Å². The maximum absolute atomic E-state index is 11.7. The maximum Gasteiger partial charge on any atom is 0.338 e. The molecule has 4 N–H and O–H groups in total. The van der Waals surface area contributed by atoms with Gasteiger partial charge >= 0.3 is 5.97 Å². The highest BCUT2D eigenvalue weighted by Crippen LogP contribution is 2.28. The fourth-order valence-corrected chi connectivity index (χ4v) is 3.34. The van der Waals surface area contributed by atoms with Crippen LogP contribution in [-0.4, -0.2) is 13.1 Å². The summed E-state index contributed by atoms with van der Waals surface area (Å²) in [5.41, 5.74) is 14.4. The molecule has 0 radical (unpaired) electrons. The second-order valence-corrected chi connectivity index (χ2v) is 7.03. The van der Waals surface area contributed by atoms with Crippen LogP contribution in [0.5, 0.6) is 0 Å². The number of hydrogen-bond acceptors (Lipinski definition) is 6. The predicted octanol–water partition coefficient (Wildman–Crippen LogP) is 4.91. The third kappa shape index (κ3) is 6.27. The third-order valence-corrected chi connectivity index (χ3v) is 5.21. The van der Waals surface area contributed by atoms with E-state index in [4.69, 9.17) is 16.2 Å². The van der Waals surface area contributed by atoms with Gasteiger partial charge in [-0.2, -0.15) is 0 Å². The Hall–Kier alpha value is -2.57. The van der Waals surface area contributed by atoms with Crippen LogP contribution in [0.3, 0.4) is 0 Å². The average Bonchev–Trinajstić information content (AvgIpc) is 2.70. The number of ether oxygens (including phenoxy) is 1. The summed E-state index contributed by atoms with van der Waals surface area (Å²) in [5, 5.41) is 0. The van der Waals surface area contributed by atoms with Gasteiger partial charge in [0, 0.05) is 26.9 Å². The lowest BCUT2D eigenvalue weighted by molar-refractivity contribution is 0.0600. The molecule has 0 aliphatic heterocycles. The van der Waals surface area contributed by atoms with E-state index in [0.29, 0.717) is 11.3 Å². The van der Waals surface area contributed by atoms with Crippen LogP contribution in [0.15, 0.2) is 82.6 Å². The van der Waals surface area contributed by atoms with Gasteiger partial charge in [-0.05, 0) is 35.9 Å². The number of hydrogen-bond donors (Lipinski definition) is 3. The molecule has 0 bridgehead atoms. The minimum atomic E-state index is -0.308. The predicted molar refractivity (Wildman–Crippen MR) is 116 cm³/mol. The number of thioether (sulfide) groups is 1. The number of rotatable bonds is 4. The fourth-order valence-electron chi connectivity index (χ4n) is 2.21. The van der Waals surface area contributed by atoms with Crippen molar-refractivity contribution < 1.29 is 9.53 Å². The summed E-state index contributed by atoms with van der Waals surface area (Å²) >= 11 is 5.68. The van der Waals surface area contributed by atoms with Gasteiger partial charge in [0.05, 0.1) is 12.7 Å². The molecule has 3 rings (SSSR count). The zero-order valence-electron chi connectivity index (χ0n) is 15.0. The summed E-state index contributed by atoms with van der Waals surface area (Å²) in [4.78, 5) is 13.5. The first kappa shape index (κ1) is 20.7. The summed E-state index contributed by atoms with van der Waals surface area (Å²) in [7, 11) is 1.39. The molecule has 0 aliphatic rings. The van der Waals surface area contributed by atoms with E-state index in [1.807, 2.05) is 66.7 Å². The standard InChI is InChI=1S/C15H15NO2S.C6H7NS/c1-18-15(17)12-7-3-2-6-11(12)10-19-14-9-5-4-8-13(14)16;7-5-3-1-2-4-6(5)8/h2-9H,10,16H2,1H3;1-4,8H,7H2. The maximum atomic E-state index is 11.7. The summed E-state index contributed by atoms with van der Waals surface area (Å²) in [6, 6.07) is 22.6. The first-order chi connectivity index (χ1) is 13.0. The van der Waals surface area contributed by atoms with Crippen LogP contribution in [0.2, 0.25) is 0 Å². The summed E-state index contributed by atoms with van der Waals surface area (Å²) < 4.78 is 4.78. The number of methoxy groups -OCH3 is 1. The summed E-state index contributed by atoms with van der Waals surface area (Å²) in [5.74, 6) is 0.372. The number of benzene rings is 3. The van der Waals surface area contributed by atoms with Gasteiger partial charge in [0.1, 0.15) is 0 Å². The van der Waals surface area contributed by atoms with E-state index < -0.39 is 0 Å². The first-order valence-electron chi connectivity index (χ1n) is 8.20. The Bertz CT molecular complexity index is 880. The van der Waals surface area contributed by atoms with Crippen molar-refractivity contribution in [2.24, 2.45) is 0 Å². The van der Waals surface area contributed by atoms with Gasteiger partial charge in [-0.25, -0.2) is 4.79 Å². The molecule has 0 unspecified atom stereocenters. The van der Waals surface area contributed by atoms with Crippen LogP contribution in [0.25, 0.3) is 0 Å². The van der Waals surface area contributed by atoms with E-state index in [2.05, 4.69) is 12.6 Å². The molecule has 0 saturated carbocycles. The van der Waals surface area contributed by atoms with Gasteiger partial charge in [0.15, 0.2) is 0 Å². The molecule has 0 aliphatic carbocycles. The molecule has 3 aromatic rings. The molecule has 0 aromatic heterocycles. The molecule has 3 aromatic carbocycles. The molecule has 27 heavy (non-hydrogen) atoms. The SMILES string of the molecule is COC(=O)c1ccccc1CSc1ccccc1N.Nc1ccccc1S. The molecule has 6 heteroatoms. The van der Waals surface area contributed by atoms with E-state index in [1.165, 1.54) is 7.11 Å². The van der Waals surface area contributed by atoms with Crippen LogP contribution in [0.1, 0.15) is 15.9 Å². The van der Waals surface area contributed by atoms with E-state index in [9.17, 15) is 4.79 Å². The quantitative estimate of drug-likeness (QED) is 0.252. The highest BCUT2D eigenvalue weighted by molar-refractivity contribution is 7.98. The van der Waals surface area contributed by atoms with Gasteiger partial charge < -0.3 is 16.2 Å². The number of carbonyl (C=O) groups excluding carboxylic acids is 1. The molecule has 0 saturated heterocycles. The smallest absolute Gasteiger partial charge is 0.338 e. The monoisotopic (exact) mass is 398 g/mol. The molecule has 0 spiro atoms. The second-order valence-electron chi connectivity index (χ2n) is 5.53. The van der Waals surface area contributed by atoms with E-state index in [0.717, 1.165) is 26.7 Å². The Morgan fingerprint density at radius 3 is 2.11 bits per heavy atom. The van der Waals surface area contributed by atoms with Crippen LogP contribution in [-0.2, 0) is 10.5 Å². The molecule has 0 amide bonds. The van der Waals surface area contributed by atoms with Crippen LogP contribution >= 0.6 is 24.4 Å². The van der Waals surface area contributed by atoms with Crippen LogP contribution in [0, 0.1) is 0 Å². The minimum Gasteiger partial charge on any atom is -0.465 e. The topological polar surface area (TPSA) is 78.3 Å². The number of esters is 1. The lowest BCUT2D eigenvalue weighted by Gasteiger charge is -2.08. The van der Waals surface area contributed by atoms with E-state index in [-0.39, 0.29) is 5.97 Å². The number of nitrogens with two attached hydrogens (primary N) is 2. The third-order valence-electron chi connectivity index (χ3n) is 3.66. The van der Waals surface area contributed by atoms with Crippen molar-refractivity contribution in [2.75, 3.05) is 18.6 Å². The average molecular weight is 399 g/mol. The highest BCUT2D eigenvalue weighted by Gasteiger charge is 2.11. The second kappa shape index (κ2) is 10.5.